The van der Waals surface area contributed by atoms with Crippen LogP contribution in [0.5, 0.6) is 0 Å². The molecule has 0 fully saturated rings. The van der Waals surface area contributed by atoms with E-state index >= 15 is 0 Å². The summed E-state index contributed by atoms with van der Waals surface area (Å²) in [7, 11) is 0. The van der Waals surface area contributed by atoms with E-state index < -0.39 is 0 Å². The van der Waals surface area contributed by atoms with Crippen LogP contribution in [0.15, 0.2) is 48.7 Å². The van der Waals surface area contributed by atoms with Crippen molar-refractivity contribution in [1.29, 1.82) is 0 Å². The van der Waals surface area contributed by atoms with Gasteiger partial charge in [-0.25, -0.2) is 4.98 Å². The maximum Gasteiger partial charge on any atom is 0.222 e. The molecular formula is C19H23N5. The van der Waals surface area contributed by atoms with Gasteiger partial charge in [-0.05, 0) is 38.3 Å². The molecule has 0 bridgehead atoms. The van der Waals surface area contributed by atoms with Crippen molar-refractivity contribution in [3.8, 4) is 11.3 Å². The number of benzene rings is 1. The molecule has 3 rings (SSSR count). The molecule has 0 amide bonds. The molecule has 3 N–H and O–H groups in total. The van der Waals surface area contributed by atoms with Crippen molar-refractivity contribution in [2.45, 2.75) is 13.8 Å². The second-order valence-corrected chi connectivity index (χ2v) is 6.06. The Balaban J connectivity index is 1.71. The van der Waals surface area contributed by atoms with Gasteiger partial charge < -0.3 is 16.0 Å². The van der Waals surface area contributed by atoms with E-state index in [1.54, 1.807) is 0 Å². The van der Waals surface area contributed by atoms with E-state index in [4.69, 9.17) is 5.73 Å². The summed E-state index contributed by atoms with van der Waals surface area (Å²) in [6, 6.07) is 8.33. The highest BCUT2D eigenvalue weighted by molar-refractivity contribution is 5.65. The van der Waals surface area contributed by atoms with E-state index in [0.29, 0.717) is 0 Å². The lowest BCUT2D eigenvalue weighted by atomic mass is 10.0. The second kappa shape index (κ2) is 7.17. The number of nitrogen functional groups attached to an aromatic ring is 1. The summed E-state index contributed by atoms with van der Waals surface area (Å²) in [5.74, 6) is 1.04. The van der Waals surface area contributed by atoms with Crippen LogP contribution in [-0.4, -0.2) is 34.5 Å². The van der Waals surface area contributed by atoms with Gasteiger partial charge >= 0.3 is 0 Å². The monoisotopic (exact) mass is 321 g/mol. The molecule has 0 saturated carbocycles. The number of nitrogens with zero attached hydrogens (tertiary/aromatic N) is 3. The lowest BCUT2D eigenvalue weighted by Gasteiger charge is -2.20. The third-order valence-corrected chi connectivity index (χ3v) is 3.85. The first-order chi connectivity index (χ1) is 11.6. The van der Waals surface area contributed by atoms with Crippen molar-refractivity contribution >= 4 is 11.8 Å². The largest absolute Gasteiger partial charge is 0.372 e. The summed E-state index contributed by atoms with van der Waals surface area (Å²) in [6.07, 6.45) is 8.34. The molecule has 1 aliphatic rings. The second-order valence-electron chi connectivity index (χ2n) is 6.06. The van der Waals surface area contributed by atoms with Gasteiger partial charge in [-0.2, -0.15) is 4.98 Å². The molecule has 124 valence electrons. The summed E-state index contributed by atoms with van der Waals surface area (Å²) in [5, 5.41) is 3.34. The van der Waals surface area contributed by atoms with Gasteiger partial charge in [0.1, 0.15) is 5.82 Å². The Morgan fingerprint density at radius 1 is 1.08 bits per heavy atom. The van der Waals surface area contributed by atoms with E-state index in [1.165, 1.54) is 11.1 Å². The molecule has 1 aromatic heterocycles. The molecule has 0 spiro atoms. The quantitative estimate of drug-likeness (QED) is 0.885. The van der Waals surface area contributed by atoms with Gasteiger partial charge in [-0.15, -0.1) is 0 Å². The van der Waals surface area contributed by atoms with Crippen LogP contribution in [0, 0.1) is 13.8 Å². The zero-order valence-electron chi connectivity index (χ0n) is 14.2. The Morgan fingerprint density at radius 2 is 1.88 bits per heavy atom. The molecule has 0 atom stereocenters. The zero-order chi connectivity index (χ0) is 16.9. The maximum absolute atomic E-state index is 5.89. The average molecular weight is 321 g/mol. The van der Waals surface area contributed by atoms with Crippen LogP contribution in [0.2, 0.25) is 0 Å². The van der Waals surface area contributed by atoms with Gasteiger partial charge in [-0.1, -0.05) is 29.3 Å². The number of nitrogens with two attached hydrogens (primary N) is 1. The highest BCUT2D eigenvalue weighted by Crippen LogP contribution is 2.23. The molecule has 2 aromatic rings. The topological polar surface area (TPSA) is 67.1 Å². The van der Waals surface area contributed by atoms with Crippen LogP contribution in [-0.2, 0) is 0 Å². The van der Waals surface area contributed by atoms with Crippen molar-refractivity contribution in [3.05, 3.63) is 59.8 Å². The van der Waals surface area contributed by atoms with Crippen molar-refractivity contribution in [2.75, 3.05) is 30.7 Å². The van der Waals surface area contributed by atoms with Crippen molar-refractivity contribution in [2.24, 2.45) is 0 Å². The summed E-state index contributed by atoms with van der Waals surface area (Å²) < 4.78 is 0. The molecule has 0 aliphatic carbocycles. The molecular weight excluding hydrogens is 298 g/mol. The van der Waals surface area contributed by atoms with Gasteiger partial charge in [-0.3, -0.25) is 0 Å². The molecule has 5 nitrogen and oxygen atoms in total. The fourth-order valence-corrected chi connectivity index (χ4v) is 2.83. The van der Waals surface area contributed by atoms with Gasteiger partial charge in [0.2, 0.25) is 5.95 Å². The van der Waals surface area contributed by atoms with Crippen LogP contribution in [0.1, 0.15) is 11.1 Å². The van der Waals surface area contributed by atoms with Crippen molar-refractivity contribution < 1.29 is 0 Å². The smallest absolute Gasteiger partial charge is 0.222 e. The summed E-state index contributed by atoms with van der Waals surface area (Å²) in [5.41, 5.74) is 10.2. The van der Waals surface area contributed by atoms with Crippen LogP contribution < -0.4 is 11.1 Å². The fraction of sp³-hybridized carbons (Fsp3) is 0.263. The number of aromatic nitrogens is 2. The predicted octanol–water partition coefficient (Wildman–Crippen LogP) is 3.14. The van der Waals surface area contributed by atoms with Crippen LogP contribution in [0.4, 0.5) is 11.8 Å². The minimum Gasteiger partial charge on any atom is -0.372 e. The number of nitrogens with one attached hydrogen (secondary N) is 1. The van der Waals surface area contributed by atoms with Crippen molar-refractivity contribution in [3.63, 3.8) is 0 Å². The standard InChI is InChI=1S/C19H23N5/c1-14-10-15(2)12-16(11-14)17-13-18(23-19(20)22-17)21-6-9-24-7-4-3-5-8-24/h3-5,7,10-13H,6,8-9H2,1-2H3,(H3,20,21,22,23). The lowest BCUT2D eigenvalue weighted by molar-refractivity contribution is 0.427. The molecule has 0 unspecified atom stereocenters. The minimum absolute atomic E-state index is 0.287. The van der Waals surface area contributed by atoms with E-state index in [-0.39, 0.29) is 5.95 Å². The highest BCUT2D eigenvalue weighted by Gasteiger charge is 2.07. The Morgan fingerprint density at radius 3 is 2.58 bits per heavy atom. The molecule has 1 aliphatic heterocycles. The number of rotatable bonds is 5. The third-order valence-electron chi connectivity index (χ3n) is 3.85. The van der Waals surface area contributed by atoms with Gasteiger partial charge in [0.05, 0.1) is 5.69 Å². The first-order valence-corrected chi connectivity index (χ1v) is 8.14. The van der Waals surface area contributed by atoms with Crippen LogP contribution >= 0.6 is 0 Å². The van der Waals surface area contributed by atoms with E-state index in [0.717, 1.165) is 36.7 Å². The number of anilines is 2. The van der Waals surface area contributed by atoms with Crippen molar-refractivity contribution in [1.82, 2.24) is 14.9 Å². The number of allylic oxidation sites excluding steroid dienone is 2. The van der Waals surface area contributed by atoms with Crippen LogP contribution in [0.3, 0.4) is 0 Å². The molecule has 24 heavy (non-hydrogen) atoms. The maximum atomic E-state index is 5.89. The molecule has 2 heterocycles. The zero-order valence-corrected chi connectivity index (χ0v) is 14.2. The minimum atomic E-state index is 0.287. The first kappa shape index (κ1) is 16.1. The summed E-state index contributed by atoms with van der Waals surface area (Å²) >= 11 is 0. The Kier molecular flexibility index (Phi) is 4.79. The van der Waals surface area contributed by atoms with E-state index in [2.05, 4.69) is 70.6 Å². The number of aryl methyl sites for hydroxylation is 2. The lowest BCUT2D eigenvalue weighted by Crippen LogP contribution is -2.25. The third kappa shape index (κ3) is 4.13. The normalized spacial score (nSPS) is 13.3. The molecule has 0 radical (unpaired) electrons. The fourth-order valence-electron chi connectivity index (χ4n) is 2.83. The van der Waals surface area contributed by atoms with Crippen LogP contribution in [0.25, 0.3) is 11.3 Å². The molecule has 5 heteroatoms. The predicted molar refractivity (Wildman–Crippen MR) is 99.7 cm³/mol. The Labute approximate surface area is 142 Å². The van der Waals surface area contributed by atoms with E-state index in [1.807, 2.05) is 12.1 Å². The highest BCUT2D eigenvalue weighted by atomic mass is 15.1. The SMILES string of the molecule is Cc1cc(C)cc(-c2cc(NCCN3C=CC=CC3)nc(N)n2)c1. The Bertz CT molecular complexity index is 759. The molecule has 1 aromatic carbocycles. The summed E-state index contributed by atoms with van der Waals surface area (Å²) in [4.78, 5) is 10.9. The van der Waals surface area contributed by atoms with Gasteiger partial charge in [0.15, 0.2) is 0 Å². The van der Waals surface area contributed by atoms with E-state index in [9.17, 15) is 0 Å². The Hall–Kier alpha value is -2.82. The van der Waals surface area contributed by atoms with Gasteiger partial charge in [0.25, 0.3) is 0 Å². The van der Waals surface area contributed by atoms with Gasteiger partial charge in [0, 0.05) is 31.3 Å². The number of hydrogen-bond donors (Lipinski definition) is 2. The summed E-state index contributed by atoms with van der Waals surface area (Å²) in [6.45, 7) is 6.81. The number of hydrogen-bond acceptors (Lipinski definition) is 5. The first-order valence-electron chi connectivity index (χ1n) is 8.14. The molecule has 0 saturated heterocycles. The average Bonchev–Trinajstić information content (AvgIpc) is 2.54.